The van der Waals surface area contributed by atoms with Crippen molar-refractivity contribution < 1.29 is 9.53 Å². The van der Waals surface area contributed by atoms with Crippen molar-refractivity contribution >= 4 is 5.97 Å². The molecule has 2 atom stereocenters. The summed E-state index contributed by atoms with van der Waals surface area (Å²) in [6.07, 6.45) is 5.01. The molecule has 0 spiro atoms. The van der Waals surface area contributed by atoms with Crippen LogP contribution in [0.2, 0.25) is 0 Å². The lowest BCUT2D eigenvalue weighted by atomic mass is 10.00. The number of rotatable bonds is 6. The number of carbonyl (C=O) groups excluding carboxylic acids is 1. The first-order valence-corrected chi connectivity index (χ1v) is 8.52. The second-order valence-electron chi connectivity index (χ2n) is 7.04. The van der Waals surface area contributed by atoms with Crippen LogP contribution in [0.1, 0.15) is 39.5 Å². The summed E-state index contributed by atoms with van der Waals surface area (Å²) in [5.74, 6) is -0.0919. The summed E-state index contributed by atoms with van der Waals surface area (Å²) < 4.78 is 5.33. The number of hydrogen-bond donors (Lipinski definition) is 1. The van der Waals surface area contributed by atoms with Gasteiger partial charge in [-0.2, -0.15) is 0 Å². The summed E-state index contributed by atoms with van der Waals surface area (Å²) in [6.45, 7) is 9.70. The third-order valence-electron chi connectivity index (χ3n) is 5.04. The highest BCUT2D eigenvalue weighted by Gasteiger charge is 2.42. The number of fused-ring (bicyclic) bond motifs is 1. The lowest BCUT2D eigenvalue weighted by molar-refractivity contribution is -0.151. The zero-order valence-corrected chi connectivity index (χ0v) is 13.4. The van der Waals surface area contributed by atoms with Crippen molar-refractivity contribution in [3.8, 4) is 0 Å². The smallest absolute Gasteiger partial charge is 0.327 e. The number of piperazine rings is 1. The molecule has 3 fully saturated rings. The van der Waals surface area contributed by atoms with Gasteiger partial charge in [0.05, 0.1) is 6.61 Å². The number of carbonyl (C=O) groups is 1. The minimum absolute atomic E-state index is 0.0919. The molecular weight excluding hydrogens is 266 g/mol. The van der Waals surface area contributed by atoms with Gasteiger partial charge in [-0.1, -0.05) is 0 Å². The van der Waals surface area contributed by atoms with Gasteiger partial charge in [0.2, 0.25) is 0 Å². The van der Waals surface area contributed by atoms with Crippen LogP contribution in [0, 0.1) is 0 Å². The largest absolute Gasteiger partial charge is 0.465 e. The van der Waals surface area contributed by atoms with Crippen LogP contribution in [0.5, 0.6) is 0 Å². The van der Waals surface area contributed by atoms with Crippen LogP contribution in [0.4, 0.5) is 0 Å². The quantitative estimate of drug-likeness (QED) is 0.736. The molecular formula is C16H29N3O2. The van der Waals surface area contributed by atoms with E-state index in [0.717, 1.165) is 26.2 Å². The molecule has 1 aliphatic carbocycles. The van der Waals surface area contributed by atoms with Crippen LogP contribution >= 0.6 is 0 Å². The summed E-state index contributed by atoms with van der Waals surface area (Å²) in [5, 5.41) is 3.53. The van der Waals surface area contributed by atoms with Gasteiger partial charge in [0.15, 0.2) is 0 Å². The average molecular weight is 295 g/mol. The van der Waals surface area contributed by atoms with Gasteiger partial charge < -0.3 is 4.74 Å². The van der Waals surface area contributed by atoms with Gasteiger partial charge >= 0.3 is 5.97 Å². The molecule has 1 N–H and O–H groups in total. The Bertz CT molecular complexity index is 386. The van der Waals surface area contributed by atoms with E-state index >= 15 is 0 Å². The SMILES string of the molecule is CCOC(=O)C(C)(CN1CCN2CCCC2C1)NC1CC1. The highest BCUT2D eigenvalue weighted by atomic mass is 16.5. The molecule has 0 radical (unpaired) electrons. The maximum atomic E-state index is 12.4. The Morgan fingerprint density at radius 3 is 2.81 bits per heavy atom. The molecule has 2 heterocycles. The van der Waals surface area contributed by atoms with E-state index in [1.807, 2.05) is 13.8 Å². The summed E-state index contributed by atoms with van der Waals surface area (Å²) in [6, 6.07) is 1.21. The van der Waals surface area contributed by atoms with E-state index < -0.39 is 5.54 Å². The van der Waals surface area contributed by atoms with Gasteiger partial charge in [0.1, 0.15) is 5.54 Å². The normalized spacial score (nSPS) is 29.9. The Morgan fingerprint density at radius 1 is 1.29 bits per heavy atom. The van der Waals surface area contributed by atoms with Crippen molar-refractivity contribution in [1.82, 2.24) is 15.1 Å². The molecule has 0 aromatic carbocycles. The summed E-state index contributed by atoms with van der Waals surface area (Å²) >= 11 is 0. The minimum atomic E-state index is -0.558. The lowest BCUT2D eigenvalue weighted by Gasteiger charge is -2.41. The number of esters is 1. The molecule has 3 rings (SSSR count). The van der Waals surface area contributed by atoms with Crippen molar-refractivity contribution in [2.45, 2.75) is 57.2 Å². The summed E-state index contributed by atoms with van der Waals surface area (Å²) in [4.78, 5) is 17.5. The molecule has 2 unspecified atom stereocenters. The van der Waals surface area contributed by atoms with Gasteiger partial charge in [-0.25, -0.2) is 0 Å². The molecule has 21 heavy (non-hydrogen) atoms. The fourth-order valence-corrected chi connectivity index (χ4v) is 3.78. The van der Waals surface area contributed by atoms with E-state index in [0.29, 0.717) is 18.7 Å². The zero-order valence-electron chi connectivity index (χ0n) is 13.4. The van der Waals surface area contributed by atoms with E-state index in [-0.39, 0.29) is 5.97 Å². The van der Waals surface area contributed by atoms with Crippen LogP contribution in [0.3, 0.4) is 0 Å². The first kappa shape index (κ1) is 15.3. The topological polar surface area (TPSA) is 44.8 Å². The highest BCUT2D eigenvalue weighted by Crippen LogP contribution is 2.26. The number of nitrogens with zero attached hydrogens (tertiary/aromatic N) is 2. The highest BCUT2D eigenvalue weighted by molar-refractivity contribution is 5.80. The Morgan fingerprint density at radius 2 is 2.10 bits per heavy atom. The van der Waals surface area contributed by atoms with Gasteiger partial charge in [-0.15, -0.1) is 0 Å². The molecule has 0 aromatic heterocycles. The second-order valence-corrected chi connectivity index (χ2v) is 7.04. The van der Waals surface area contributed by atoms with Crippen molar-refractivity contribution in [3.05, 3.63) is 0 Å². The predicted octanol–water partition coefficient (Wildman–Crippen LogP) is 0.840. The molecule has 0 aromatic rings. The minimum Gasteiger partial charge on any atom is -0.465 e. The maximum Gasteiger partial charge on any atom is 0.327 e. The van der Waals surface area contributed by atoms with Crippen LogP contribution in [0.15, 0.2) is 0 Å². The van der Waals surface area contributed by atoms with Gasteiger partial charge in [-0.3, -0.25) is 19.9 Å². The van der Waals surface area contributed by atoms with Gasteiger partial charge in [-0.05, 0) is 46.1 Å². The molecule has 2 aliphatic heterocycles. The molecule has 0 amide bonds. The molecule has 2 saturated heterocycles. The van der Waals surface area contributed by atoms with Crippen LogP contribution in [-0.4, -0.2) is 72.7 Å². The monoisotopic (exact) mass is 295 g/mol. The van der Waals surface area contributed by atoms with E-state index in [1.165, 1.54) is 32.2 Å². The van der Waals surface area contributed by atoms with Crippen molar-refractivity contribution in [1.29, 1.82) is 0 Å². The Kier molecular flexibility index (Phi) is 4.52. The molecule has 5 nitrogen and oxygen atoms in total. The zero-order chi connectivity index (χ0) is 14.9. The lowest BCUT2D eigenvalue weighted by Crippen LogP contribution is -2.61. The average Bonchev–Trinajstić information content (AvgIpc) is 3.13. The van der Waals surface area contributed by atoms with Crippen molar-refractivity contribution in [2.24, 2.45) is 0 Å². The first-order valence-electron chi connectivity index (χ1n) is 8.52. The number of ether oxygens (including phenoxy) is 1. The second kappa shape index (κ2) is 6.23. The maximum absolute atomic E-state index is 12.4. The predicted molar refractivity (Wildman–Crippen MR) is 82.2 cm³/mol. The Labute approximate surface area is 128 Å². The summed E-state index contributed by atoms with van der Waals surface area (Å²) in [7, 11) is 0. The third kappa shape index (κ3) is 3.58. The van der Waals surface area contributed by atoms with Crippen LogP contribution in [-0.2, 0) is 9.53 Å². The Balaban J connectivity index is 1.61. The van der Waals surface area contributed by atoms with Crippen molar-refractivity contribution in [3.63, 3.8) is 0 Å². The molecule has 1 saturated carbocycles. The standard InChI is InChI=1S/C16H29N3O2/c1-3-21-15(20)16(2,17-13-6-7-13)12-18-9-10-19-8-4-5-14(19)11-18/h13-14,17H,3-12H2,1-2H3. The van der Waals surface area contributed by atoms with E-state index in [9.17, 15) is 4.79 Å². The number of nitrogens with one attached hydrogen (secondary N) is 1. The fraction of sp³-hybridized carbons (Fsp3) is 0.938. The molecule has 0 bridgehead atoms. The van der Waals surface area contributed by atoms with Gasteiger partial charge in [0, 0.05) is 38.3 Å². The summed E-state index contributed by atoms with van der Waals surface area (Å²) in [5.41, 5.74) is -0.558. The first-order chi connectivity index (χ1) is 10.1. The van der Waals surface area contributed by atoms with Crippen LogP contribution in [0.25, 0.3) is 0 Å². The third-order valence-corrected chi connectivity index (χ3v) is 5.04. The van der Waals surface area contributed by atoms with E-state index in [4.69, 9.17) is 4.74 Å². The van der Waals surface area contributed by atoms with E-state index in [2.05, 4.69) is 15.1 Å². The van der Waals surface area contributed by atoms with Gasteiger partial charge in [0.25, 0.3) is 0 Å². The Hall–Kier alpha value is -0.650. The fourth-order valence-electron chi connectivity index (χ4n) is 3.78. The van der Waals surface area contributed by atoms with Crippen molar-refractivity contribution in [2.75, 3.05) is 39.3 Å². The van der Waals surface area contributed by atoms with E-state index in [1.54, 1.807) is 0 Å². The molecule has 5 heteroatoms. The molecule has 3 aliphatic rings. The van der Waals surface area contributed by atoms with Crippen LogP contribution < -0.4 is 5.32 Å². The molecule has 120 valence electrons. The number of hydrogen-bond acceptors (Lipinski definition) is 5.